The number of rotatable bonds is 10. The molecule has 0 aliphatic rings. The number of hydrogen-bond acceptors (Lipinski definition) is 7. The highest BCUT2D eigenvalue weighted by Gasteiger charge is 2.69. The molecule has 0 rings (SSSR count). The average molecular weight is 518 g/mol. The normalized spacial score (nSPS) is 15.6. The summed E-state index contributed by atoms with van der Waals surface area (Å²) in [6.45, 7) is 0.283. The monoisotopic (exact) mass is 518 g/mol. The van der Waals surface area contributed by atoms with Gasteiger partial charge in [0.1, 0.15) is 5.57 Å². The van der Waals surface area contributed by atoms with Crippen molar-refractivity contribution in [3.63, 3.8) is 0 Å². The summed E-state index contributed by atoms with van der Waals surface area (Å²) in [5.74, 6) is -16.1. The Morgan fingerprint density at radius 2 is 1.44 bits per heavy atom. The molecule has 0 aromatic rings. The Kier molecular flexibility index (Phi) is 8.75. The molecular weight excluding hydrogens is 506 g/mol. The Morgan fingerprint density at radius 3 is 1.78 bits per heavy atom. The lowest BCUT2D eigenvalue weighted by molar-refractivity contribution is -0.355. The fraction of sp³-hybridized carbons (Fsp3) is 0.692. The number of carbonyl (C=O) groups is 2. The zero-order chi connectivity index (χ0) is 26.0. The quantitative estimate of drug-likeness (QED) is 0.117. The summed E-state index contributed by atoms with van der Waals surface area (Å²) >= 11 is 0. The highest BCUT2D eigenvalue weighted by molar-refractivity contribution is 7.87. The van der Waals surface area contributed by atoms with Gasteiger partial charge < -0.3 is 14.2 Å². The SMILES string of the molecule is C=C(C(=O)OC(OCCCC(F)(F)C(F)(F)S(=O)(=O)O)(C(=O)OC)C(F)(F)F)C(F)(F)F. The van der Waals surface area contributed by atoms with E-state index in [0.717, 1.165) is 0 Å². The fourth-order valence-corrected chi connectivity index (χ4v) is 2.15. The smallest absolute Gasteiger partial charge is 0.464 e. The molecule has 32 heavy (non-hydrogen) atoms. The van der Waals surface area contributed by atoms with Gasteiger partial charge in [0.05, 0.1) is 13.7 Å². The first kappa shape index (κ1) is 29.9. The lowest BCUT2D eigenvalue weighted by atomic mass is 10.2. The van der Waals surface area contributed by atoms with Crippen molar-refractivity contribution >= 4 is 22.1 Å². The molecular formula is C13H12F10O8S. The Labute approximate surface area is 171 Å². The van der Waals surface area contributed by atoms with E-state index < -0.39 is 76.4 Å². The van der Waals surface area contributed by atoms with Crippen LogP contribution in [0.4, 0.5) is 43.9 Å². The van der Waals surface area contributed by atoms with Gasteiger partial charge in [-0.2, -0.15) is 52.3 Å². The minimum absolute atomic E-state index is 0.236. The molecule has 188 valence electrons. The van der Waals surface area contributed by atoms with Crippen LogP contribution in [-0.4, -0.2) is 67.9 Å². The Balaban J connectivity index is 5.79. The zero-order valence-corrected chi connectivity index (χ0v) is 16.1. The summed E-state index contributed by atoms with van der Waals surface area (Å²) in [5.41, 5.74) is -2.54. The van der Waals surface area contributed by atoms with Gasteiger partial charge in [-0.25, -0.2) is 9.59 Å². The number of ether oxygens (including phenoxy) is 3. The van der Waals surface area contributed by atoms with Crippen LogP contribution in [-0.2, 0) is 33.9 Å². The number of hydrogen-bond donors (Lipinski definition) is 1. The van der Waals surface area contributed by atoms with Gasteiger partial charge in [-0.3, -0.25) is 4.55 Å². The lowest BCUT2D eigenvalue weighted by Gasteiger charge is -2.32. The van der Waals surface area contributed by atoms with Gasteiger partial charge in [-0.1, -0.05) is 6.58 Å². The third-order valence-corrected chi connectivity index (χ3v) is 4.29. The topological polar surface area (TPSA) is 116 Å². The maximum Gasteiger partial charge on any atom is 0.468 e. The second kappa shape index (κ2) is 9.38. The number of esters is 2. The van der Waals surface area contributed by atoms with Crippen molar-refractivity contribution in [3.05, 3.63) is 12.2 Å². The van der Waals surface area contributed by atoms with Crippen molar-refractivity contribution in [1.82, 2.24) is 0 Å². The largest absolute Gasteiger partial charge is 0.468 e. The van der Waals surface area contributed by atoms with Crippen LogP contribution in [0.5, 0.6) is 0 Å². The van der Waals surface area contributed by atoms with Crippen molar-refractivity contribution < 1.29 is 80.7 Å². The molecule has 0 saturated carbocycles. The van der Waals surface area contributed by atoms with Gasteiger partial charge in [0.15, 0.2) is 0 Å². The maximum atomic E-state index is 13.3. The second-order valence-electron chi connectivity index (χ2n) is 5.62. The highest BCUT2D eigenvalue weighted by atomic mass is 32.2. The molecule has 1 atom stereocenters. The van der Waals surface area contributed by atoms with Gasteiger partial charge in [0, 0.05) is 6.42 Å². The molecule has 0 aliphatic carbocycles. The summed E-state index contributed by atoms with van der Waals surface area (Å²) in [4.78, 5) is 22.9. The Bertz CT molecular complexity index is 833. The van der Waals surface area contributed by atoms with Crippen molar-refractivity contribution in [2.75, 3.05) is 13.7 Å². The molecule has 0 fully saturated rings. The van der Waals surface area contributed by atoms with E-state index in [-0.39, 0.29) is 7.11 Å². The summed E-state index contributed by atoms with van der Waals surface area (Å²) in [6, 6.07) is 0. The highest BCUT2D eigenvalue weighted by Crippen LogP contribution is 2.42. The van der Waals surface area contributed by atoms with Crippen LogP contribution in [0.1, 0.15) is 12.8 Å². The summed E-state index contributed by atoms with van der Waals surface area (Å²) in [6.07, 6.45) is -15.7. The van der Waals surface area contributed by atoms with Crippen LogP contribution in [0.25, 0.3) is 0 Å². The van der Waals surface area contributed by atoms with Crippen LogP contribution in [0.3, 0.4) is 0 Å². The Hall–Kier alpha value is -2.15. The van der Waals surface area contributed by atoms with E-state index in [1.807, 2.05) is 0 Å². The fourth-order valence-electron chi connectivity index (χ4n) is 1.67. The molecule has 0 bridgehead atoms. The van der Waals surface area contributed by atoms with Crippen molar-refractivity contribution in [1.29, 1.82) is 0 Å². The van der Waals surface area contributed by atoms with E-state index in [0.29, 0.717) is 0 Å². The number of methoxy groups -OCH3 is 1. The van der Waals surface area contributed by atoms with Gasteiger partial charge in [-0.15, -0.1) is 0 Å². The summed E-state index contributed by atoms with van der Waals surface area (Å²) < 4.78 is 170. The average Bonchev–Trinajstić information content (AvgIpc) is 2.59. The molecule has 1 N–H and O–H groups in total. The predicted molar refractivity (Wildman–Crippen MR) is 78.7 cm³/mol. The van der Waals surface area contributed by atoms with Crippen molar-refractivity contribution in [2.45, 2.75) is 42.2 Å². The minimum atomic E-state index is -6.67. The van der Waals surface area contributed by atoms with Crippen molar-refractivity contribution in [3.8, 4) is 0 Å². The third kappa shape index (κ3) is 6.21. The molecule has 1 unspecified atom stereocenters. The van der Waals surface area contributed by atoms with Crippen LogP contribution < -0.4 is 0 Å². The van der Waals surface area contributed by atoms with Gasteiger partial charge >= 0.3 is 51.4 Å². The van der Waals surface area contributed by atoms with E-state index in [4.69, 9.17) is 4.55 Å². The lowest BCUT2D eigenvalue weighted by Crippen LogP contribution is -2.58. The van der Waals surface area contributed by atoms with Crippen LogP contribution >= 0.6 is 0 Å². The third-order valence-electron chi connectivity index (χ3n) is 3.34. The summed E-state index contributed by atoms with van der Waals surface area (Å²) in [7, 11) is -6.43. The minimum Gasteiger partial charge on any atom is -0.464 e. The van der Waals surface area contributed by atoms with E-state index in [2.05, 4.69) is 20.8 Å². The molecule has 8 nitrogen and oxygen atoms in total. The van der Waals surface area contributed by atoms with Crippen LogP contribution in [0.2, 0.25) is 0 Å². The van der Waals surface area contributed by atoms with Gasteiger partial charge in [0.2, 0.25) is 0 Å². The summed E-state index contributed by atoms with van der Waals surface area (Å²) in [5, 5.41) is -6.08. The zero-order valence-electron chi connectivity index (χ0n) is 15.3. The van der Waals surface area contributed by atoms with Crippen molar-refractivity contribution in [2.24, 2.45) is 0 Å². The van der Waals surface area contributed by atoms with Crippen LogP contribution in [0, 0.1) is 0 Å². The molecule has 0 spiro atoms. The molecule has 0 aliphatic heterocycles. The number of halogens is 10. The van der Waals surface area contributed by atoms with E-state index in [1.165, 1.54) is 0 Å². The molecule has 0 radical (unpaired) electrons. The first-order valence-corrected chi connectivity index (χ1v) is 8.93. The molecule has 0 amide bonds. The maximum absolute atomic E-state index is 13.3. The molecule has 0 aromatic carbocycles. The van der Waals surface area contributed by atoms with E-state index >= 15 is 0 Å². The van der Waals surface area contributed by atoms with Gasteiger partial charge in [-0.05, 0) is 6.42 Å². The first-order chi connectivity index (χ1) is 14.0. The standard InChI is InChI=1S/C13H12F10O8S/c1-6(11(16,17)18)7(24)31-10(8(25)29-2,12(19,20)21)30-5-3-4-9(14,15)13(22,23)32(26,27)28/h1,3-5H2,2H3,(H,26,27,28). The predicted octanol–water partition coefficient (Wildman–Crippen LogP) is 2.99. The first-order valence-electron chi connectivity index (χ1n) is 7.49. The Morgan fingerprint density at radius 1 is 0.969 bits per heavy atom. The molecule has 19 heteroatoms. The number of carbonyl (C=O) groups excluding carboxylic acids is 2. The van der Waals surface area contributed by atoms with Crippen LogP contribution in [0.15, 0.2) is 12.2 Å². The molecule has 0 saturated heterocycles. The number of alkyl halides is 10. The van der Waals surface area contributed by atoms with E-state index in [1.54, 1.807) is 0 Å². The molecule has 0 aromatic heterocycles. The van der Waals surface area contributed by atoms with E-state index in [9.17, 15) is 61.9 Å². The molecule has 0 heterocycles. The van der Waals surface area contributed by atoms with Gasteiger partial charge in [0.25, 0.3) is 0 Å². The second-order valence-corrected chi connectivity index (χ2v) is 7.08.